The Bertz CT molecular complexity index is 3280. The van der Waals surface area contributed by atoms with E-state index in [-0.39, 0.29) is 0 Å². The van der Waals surface area contributed by atoms with Gasteiger partial charge < -0.3 is 0 Å². The third kappa shape index (κ3) is 4.92. The monoisotopic (exact) mass is 700 g/mol. The van der Waals surface area contributed by atoms with Crippen LogP contribution in [0.5, 0.6) is 0 Å². The van der Waals surface area contributed by atoms with Crippen molar-refractivity contribution in [3.63, 3.8) is 0 Å². The maximum Gasteiger partial charge on any atom is 0.114 e. The zero-order chi connectivity index (χ0) is 36.5. The van der Waals surface area contributed by atoms with Gasteiger partial charge in [0, 0.05) is 12.1 Å². The predicted octanol–water partition coefficient (Wildman–Crippen LogP) is 14.4. The van der Waals surface area contributed by atoms with Gasteiger partial charge in [-0.3, -0.25) is 4.57 Å². The Morgan fingerprint density at radius 2 is 1.04 bits per heavy atom. The van der Waals surface area contributed by atoms with E-state index in [2.05, 4.69) is 200 Å². The third-order valence-electron chi connectivity index (χ3n) is 11.5. The summed E-state index contributed by atoms with van der Waals surface area (Å²) in [5.74, 6) is 1.07. The van der Waals surface area contributed by atoms with Crippen LogP contribution in [0.25, 0.3) is 104 Å². The van der Waals surface area contributed by atoms with Gasteiger partial charge in [0.1, 0.15) is 5.82 Å². The highest BCUT2D eigenvalue weighted by Crippen LogP contribution is 2.48. The fourth-order valence-corrected chi connectivity index (χ4v) is 9.05. The zero-order valence-electron chi connectivity index (χ0n) is 30.5. The van der Waals surface area contributed by atoms with Crippen molar-refractivity contribution in [3.8, 4) is 39.1 Å². The average molecular weight is 701 g/mol. The second-order valence-electron chi connectivity index (χ2n) is 14.5. The number of para-hydroxylation sites is 2. The molecule has 0 radical (unpaired) electrons. The number of hydrogen-bond donors (Lipinski definition) is 0. The first kappa shape index (κ1) is 31.5. The highest BCUT2D eigenvalue weighted by Gasteiger charge is 2.21. The molecule has 0 fully saturated rings. The standard InChI is InChI=1S/C53H36N2/c1-2-50-54-48-22-12-13-23-49(48)55(50)39-29-26-36(27-30-39)51-43-20-10-11-21-44(43)53(47-32-37(28-31-45(47)51)34-14-4-3-5-15-34)46-33-38-25-24-35-16-6-7-17-40(35)52(38)42-19-9-8-18-41(42)46/h3-33H,2H2,1H3. The summed E-state index contributed by atoms with van der Waals surface area (Å²) in [6.45, 7) is 2.18. The molecule has 1 heterocycles. The van der Waals surface area contributed by atoms with E-state index < -0.39 is 0 Å². The lowest BCUT2D eigenvalue weighted by molar-refractivity contribution is 0.908. The molecule has 10 aromatic carbocycles. The minimum Gasteiger partial charge on any atom is -0.296 e. The van der Waals surface area contributed by atoms with Crippen LogP contribution in [-0.4, -0.2) is 9.55 Å². The van der Waals surface area contributed by atoms with Crippen molar-refractivity contribution in [2.24, 2.45) is 0 Å². The molecule has 0 amide bonds. The van der Waals surface area contributed by atoms with Crippen molar-refractivity contribution in [1.29, 1.82) is 0 Å². The Kier molecular flexibility index (Phi) is 7.18. The Morgan fingerprint density at radius 1 is 0.418 bits per heavy atom. The van der Waals surface area contributed by atoms with Gasteiger partial charge in [0.15, 0.2) is 0 Å². The highest BCUT2D eigenvalue weighted by atomic mass is 15.1. The molecule has 0 saturated heterocycles. The van der Waals surface area contributed by atoms with E-state index in [1.54, 1.807) is 0 Å². The highest BCUT2D eigenvalue weighted by molar-refractivity contribution is 6.28. The maximum atomic E-state index is 4.96. The van der Waals surface area contributed by atoms with E-state index in [1.807, 2.05) is 0 Å². The minimum absolute atomic E-state index is 0.858. The van der Waals surface area contributed by atoms with E-state index in [4.69, 9.17) is 4.98 Å². The van der Waals surface area contributed by atoms with Gasteiger partial charge in [0.2, 0.25) is 0 Å². The normalized spacial score (nSPS) is 11.8. The smallest absolute Gasteiger partial charge is 0.114 e. The summed E-state index contributed by atoms with van der Waals surface area (Å²) in [4.78, 5) is 4.96. The first-order valence-corrected chi connectivity index (χ1v) is 19.2. The lowest BCUT2D eigenvalue weighted by atomic mass is 9.82. The maximum absolute atomic E-state index is 4.96. The molecule has 55 heavy (non-hydrogen) atoms. The molecule has 0 saturated carbocycles. The van der Waals surface area contributed by atoms with E-state index in [1.165, 1.54) is 87.2 Å². The summed E-state index contributed by atoms with van der Waals surface area (Å²) < 4.78 is 2.30. The van der Waals surface area contributed by atoms with Gasteiger partial charge in [0.25, 0.3) is 0 Å². The largest absolute Gasteiger partial charge is 0.296 e. The van der Waals surface area contributed by atoms with Crippen LogP contribution in [0.2, 0.25) is 0 Å². The first-order chi connectivity index (χ1) is 27.2. The molecule has 0 aliphatic rings. The summed E-state index contributed by atoms with van der Waals surface area (Å²) >= 11 is 0. The molecule has 0 aliphatic heterocycles. The van der Waals surface area contributed by atoms with Crippen molar-refractivity contribution in [2.45, 2.75) is 13.3 Å². The van der Waals surface area contributed by atoms with Gasteiger partial charge in [-0.1, -0.05) is 159 Å². The predicted molar refractivity (Wildman–Crippen MR) is 234 cm³/mol. The Balaban J connectivity index is 1.22. The van der Waals surface area contributed by atoms with Crippen LogP contribution in [0, 0.1) is 0 Å². The molecule has 0 spiro atoms. The fourth-order valence-electron chi connectivity index (χ4n) is 9.05. The second-order valence-corrected chi connectivity index (χ2v) is 14.5. The Hall–Kier alpha value is -7.03. The molecule has 258 valence electrons. The first-order valence-electron chi connectivity index (χ1n) is 19.2. The lowest BCUT2D eigenvalue weighted by Crippen LogP contribution is -2.00. The molecule has 2 heteroatoms. The number of fused-ring (bicyclic) bond motifs is 8. The second kappa shape index (κ2) is 12.5. The Morgan fingerprint density at radius 3 is 1.84 bits per heavy atom. The van der Waals surface area contributed by atoms with Crippen molar-refractivity contribution >= 4 is 64.9 Å². The summed E-state index contributed by atoms with van der Waals surface area (Å²) in [5.41, 5.74) is 10.7. The molecular weight excluding hydrogens is 665 g/mol. The molecule has 0 aliphatic carbocycles. The van der Waals surface area contributed by atoms with Gasteiger partial charge in [-0.2, -0.15) is 0 Å². The van der Waals surface area contributed by atoms with Gasteiger partial charge >= 0.3 is 0 Å². The molecule has 0 N–H and O–H groups in total. The number of aromatic nitrogens is 2. The van der Waals surface area contributed by atoms with Crippen molar-refractivity contribution in [1.82, 2.24) is 9.55 Å². The van der Waals surface area contributed by atoms with Crippen LogP contribution in [0.1, 0.15) is 12.7 Å². The molecule has 1 aromatic heterocycles. The number of imidazole rings is 1. The quantitative estimate of drug-likeness (QED) is 0.129. The number of nitrogens with zero attached hydrogens (tertiary/aromatic N) is 2. The third-order valence-corrected chi connectivity index (χ3v) is 11.5. The summed E-state index contributed by atoms with van der Waals surface area (Å²) in [6, 6.07) is 69.1. The van der Waals surface area contributed by atoms with Crippen molar-refractivity contribution in [2.75, 3.05) is 0 Å². The number of rotatable bonds is 5. The molecule has 0 unspecified atom stereocenters. The average Bonchev–Trinajstić information content (AvgIpc) is 3.64. The van der Waals surface area contributed by atoms with Gasteiger partial charge in [-0.15, -0.1) is 0 Å². The van der Waals surface area contributed by atoms with Gasteiger partial charge in [0.05, 0.1) is 11.0 Å². The zero-order valence-corrected chi connectivity index (χ0v) is 30.5. The van der Waals surface area contributed by atoms with Crippen LogP contribution in [0.3, 0.4) is 0 Å². The topological polar surface area (TPSA) is 17.8 Å². The van der Waals surface area contributed by atoms with Crippen LogP contribution in [-0.2, 0) is 6.42 Å². The van der Waals surface area contributed by atoms with E-state index in [0.29, 0.717) is 0 Å². The molecule has 11 aromatic rings. The lowest BCUT2D eigenvalue weighted by Gasteiger charge is -2.21. The Labute approximate surface area is 319 Å². The van der Waals surface area contributed by atoms with Crippen molar-refractivity contribution < 1.29 is 0 Å². The van der Waals surface area contributed by atoms with Crippen LogP contribution >= 0.6 is 0 Å². The van der Waals surface area contributed by atoms with Crippen LogP contribution < -0.4 is 0 Å². The number of aryl methyl sites for hydroxylation is 1. The summed E-state index contributed by atoms with van der Waals surface area (Å²) in [6.07, 6.45) is 0.858. The fraction of sp³-hybridized carbons (Fsp3) is 0.0377. The summed E-state index contributed by atoms with van der Waals surface area (Å²) in [7, 11) is 0. The minimum atomic E-state index is 0.858. The van der Waals surface area contributed by atoms with Crippen molar-refractivity contribution in [3.05, 3.63) is 194 Å². The molecule has 2 nitrogen and oxygen atoms in total. The van der Waals surface area contributed by atoms with Crippen LogP contribution in [0.4, 0.5) is 0 Å². The van der Waals surface area contributed by atoms with E-state index in [0.717, 1.165) is 29.0 Å². The number of benzene rings is 10. The molecule has 0 atom stereocenters. The number of hydrogen-bond acceptors (Lipinski definition) is 1. The molecular formula is C53H36N2. The van der Waals surface area contributed by atoms with E-state index in [9.17, 15) is 0 Å². The SMILES string of the molecule is CCc1nc2ccccc2n1-c1ccc(-c2c3ccccc3c(-c3cc4ccc5ccccc5c4c4ccccc34)c3cc(-c4ccccc4)ccc23)cc1. The van der Waals surface area contributed by atoms with E-state index >= 15 is 0 Å². The van der Waals surface area contributed by atoms with Crippen LogP contribution in [0.15, 0.2) is 188 Å². The summed E-state index contributed by atoms with van der Waals surface area (Å²) in [5, 5.41) is 12.6. The van der Waals surface area contributed by atoms with Gasteiger partial charge in [-0.25, -0.2) is 4.98 Å². The molecule has 11 rings (SSSR count). The molecule has 0 bridgehead atoms. The van der Waals surface area contributed by atoms with Gasteiger partial charge in [-0.05, 0) is 124 Å².